The molecule has 2 aromatic rings. The Kier molecular flexibility index (Phi) is 3.94. The van der Waals surface area contributed by atoms with Crippen LogP contribution in [0.4, 0.5) is 0 Å². The highest BCUT2D eigenvalue weighted by Gasteiger charge is 2.28. The number of carboxylic acid groups (broad SMARTS) is 1. The van der Waals surface area contributed by atoms with Gasteiger partial charge in [0.05, 0.1) is 11.8 Å². The lowest BCUT2D eigenvalue weighted by Gasteiger charge is -2.08. The van der Waals surface area contributed by atoms with E-state index < -0.39 is 5.97 Å². The number of hydrogen-bond donors (Lipinski definition) is 2. The van der Waals surface area contributed by atoms with Gasteiger partial charge in [0.25, 0.3) is 0 Å². The first kappa shape index (κ1) is 14.7. The van der Waals surface area contributed by atoms with Crippen LogP contribution < -0.4 is 5.32 Å². The molecule has 1 aromatic heterocycles. The molecule has 0 bridgehead atoms. The molecule has 3 rings (SSSR count). The molecule has 1 unspecified atom stereocenters. The quantitative estimate of drug-likeness (QED) is 0.906. The lowest BCUT2D eigenvalue weighted by molar-refractivity contribution is -0.120. The van der Waals surface area contributed by atoms with E-state index in [1.54, 1.807) is 18.7 Å². The number of aromatic carboxylic acids is 1. The number of carboxylic acids is 1. The monoisotopic (exact) mass is 317 g/mol. The van der Waals surface area contributed by atoms with Crippen LogP contribution in [0.5, 0.6) is 0 Å². The van der Waals surface area contributed by atoms with Crippen LogP contribution >= 0.6 is 11.8 Å². The van der Waals surface area contributed by atoms with Crippen LogP contribution in [0.1, 0.15) is 27.4 Å². The molecule has 1 atom stereocenters. The first-order chi connectivity index (χ1) is 10.5. The number of thioether (sulfide) groups is 1. The van der Waals surface area contributed by atoms with E-state index in [4.69, 9.17) is 9.52 Å². The number of rotatable bonds is 4. The molecule has 0 aliphatic carbocycles. The molecule has 1 aliphatic heterocycles. The molecule has 5 nitrogen and oxygen atoms in total. The van der Waals surface area contributed by atoms with Gasteiger partial charge in [-0.1, -0.05) is 18.2 Å². The summed E-state index contributed by atoms with van der Waals surface area (Å²) in [4.78, 5) is 24.3. The third-order valence-electron chi connectivity index (χ3n) is 3.58. The first-order valence-corrected chi connectivity index (χ1v) is 7.77. The second-order valence-corrected chi connectivity index (χ2v) is 6.37. The SMILES string of the molecule is Cc1oc(CNC(=O)C2Cc3ccccc3S2)cc1C(=O)O. The minimum atomic E-state index is -1.03. The number of fused-ring (bicyclic) bond motifs is 1. The van der Waals surface area contributed by atoms with E-state index in [0.29, 0.717) is 17.9 Å². The molecule has 0 spiro atoms. The second kappa shape index (κ2) is 5.88. The predicted molar refractivity (Wildman–Crippen MR) is 82.0 cm³/mol. The number of nitrogens with one attached hydrogen (secondary N) is 1. The van der Waals surface area contributed by atoms with Crippen LogP contribution in [0.2, 0.25) is 0 Å². The third-order valence-corrected chi connectivity index (χ3v) is 4.89. The Morgan fingerprint density at radius 3 is 2.86 bits per heavy atom. The van der Waals surface area contributed by atoms with Crippen LogP contribution in [0.15, 0.2) is 39.6 Å². The summed E-state index contributed by atoms with van der Waals surface area (Å²) in [6.07, 6.45) is 0.713. The number of carbonyl (C=O) groups excluding carboxylic acids is 1. The van der Waals surface area contributed by atoms with Crippen molar-refractivity contribution >= 4 is 23.6 Å². The normalized spacial score (nSPS) is 16.3. The van der Waals surface area contributed by atoms with Gasteiger partial charge in [0.1, 0.15) is 17.1 Å². The Hall–Kier alpha value is -2.21. The summed E-state index contributed by atoms with van der Waals surface area (Å²) in [6.45, 7) is 1.79. The van der Waals surface area contributed by atoms with Crippen molar-refractivity contribution in [3.05, 3.63) is 53.0 Å². The molecule has 2 N–H and O–H groups in total. The van der Waals surface area contributed by atoms with Gasteiger partial charge in [-0.15, -0.1) is 11.8 Å². The average molecular weight is 317 g/mol. The summed E-state index contributed by atoms with van der Waals surface area (Å²) < 4.78 is 5.35. The maximum absolute atomic E-state index is 12.2. The van der Waals surface area contributed by atoms with Gasteiger partial charge in [0.2, 0.25) is 5.91 Å². The molecule has 0 radical (unpaired) electrons. The van der Waals surface area contributed by atoms with Crippen LogP contribution in [-0.4, -0.2) is 22.2 Å². The summed E-state index contributed by atoms with van der Waals surface area (Å²) >= 11 is 1.56. The van der Waals surface area contributed by atoms with E-state index in [1.165, 1.54) is 11.6 Å². The van der Waals surface area contributed by atoms with E-state index in [0.717, 1.165) is 4.90 Å². The molecule has 1 aromatic carbocycles. The van der Waals surface area contributed by atoms with Gasteiger partial charge >= 0.3 is 5.97 Å². The molecular weight excluding hydrogens is 302 g/mol. The average Bonchev–Trinajstić information content (AvgIpc) is 3.08. The second-order valence-electron chi connectivity index (χ2n) is 5.12. The van der Waals surface area contributed by atoms with Crippen molar-refractivity contribution in [3.63, 3.8) is 0 Å². The summed E-state index contributed by atoms with van der Waals surface area (Å²) in [5, 5.41) is 11.6. The van der Waals surface area contributed by atoms with Crippen LogP contribution in [0.25, 0.3) is 0 Å². The fourth-order valence-electron chi connectivity index (χ4n) is 2.46. The fourth-order valence-corrected chi connectivity index (χ4v) is 3.68. The van der Waals surface area contributed by atoms with Crippen LogP contribution in [-0.2, 0) is 17.8 Å². The van der Waals surface area contributed by atoms with Gasteiger partial charge in [-0.2, -0.15) is 0 Å². The van der Waals surface area contributed by atoms with Gasteiger partial charge < -0.3 is 14.8 Å². The highest BCUT2D eigenvalue weighted by molar-refractivity contribution is 8.01. The van der Waals surface area contributed by atoms with Gasteiger partial charge in [-0.05, 0) is 31.0 Å². The first-order valence-electron chi connectivity index (χ1n) is 6.89. The number of aryl methyl sites for hydroxylation is 1. The minimum absolute atomic E-state index is 0.0628. The highest BCUT2D eigenvalue weighted by atomic mass is 32.2. The van der Waals surface area contributed by atoms with E-state index in [2.05, 4.69) is 5.32 Å². The summed E-state index contributed by atoms with van der Waals surface area (Å²) in [6, 6.07) is 9.44. The van der Waals surface area contributed by atoms with Crippen molar-refractivity contribution < 1.29 is 19.1 Å². The van der Waals surface area contributed by atoms with E-state index >= 15 is 0 Å². The van der Waals surface area contributed by atoms with Gasteiger partial charge in [0.15, 0.2) is 0 Å². The summed E-state index contributed by atoms with van der Waals surface area (Å²) in [5.41, 5.74) is 1.32. The van der Waals surface area contributed by atoms with Crippen molar-refractivity contribution in [2.24, 2.45) is 0 Å². The lowest BCUT2D eigenvalue weighted by atomic mass is 10.1. The fraction of sp³-hybridized carbons (Fsp3) is 0.250. The molecule has 0 fully saturated rings. The predicted octanol–water partition coefficient (Wildman–Crippen LogP) is 2.62. The largest absolute Gasteiger partial charge is 0.478 e. The topological polar surface area (TPSA) is 79.5 Å². The number of furan rings is 1. The maximum Gasteiger partial charge on any atom is 0.339 e. The Labute approximate surface area is 131 Å². The number of hydrogen-bond acceptors (Lipinski definition) is 4. The van der Waals surface area contributed by atoms with E-state index in [-0.39, 0.29) is 23.3 Å². The molecule has 1 aliphatic rings. The summed E-state index contributed by atoms with van der Waals surface area (Å²) in [7, 11) is 0. The molecule has 22 heavy (non-hydrogen) atoms. The number of benzene rings is 1. The van der Waals surface area contributed by atoms with E-state index in [9.17, 15) is 9.59 Å². The van der Waals surface area contributed by atoms with Crippen molar-refractivity contribution in [1.82, 2.24) is 5.32 Å². The molecule has 0 saturated carbocycles. The van der Waals surface area contributed by atoms with Crippen molar-refractivity contribution in [3.8, 4) is 0 Å². The van der Waals surface area contributed by atoms with Crippen molar-refractivity contribution in [2.75, 3.05) is 0 Å². The number of amides is 1. The molecular formula is C16H15NO4S. The van der Waals surface area contributed by atoms with Gasteiger partial charge in [-0.3, -0.25) is 4.79 Å². The van der Waals surface area contributed by atoms with Crippen molar-refractivity contribution in [2.45, 2.75) is 30.0 Å². The zero-order valence-corrected chi connectivity index (χ0v) is 12.8. The zero-order valence-electron chi connectivity index (χ0n) is 12.0. The summed E-state index contributed by atoms with van der Waals surface area (Å²) in [5.74, 6) is -0.295. The third kappa shape index (κ3) is 2.87. The Morgan fingerprint density at radius 2 is 2.18 bits per heavy atom. The lowest BCUT2D eigenvalue weighted by Crippen LogP contribution is -2.31. The highest BCUT2D eigenvalue weighted by Crippen LogP contribution is 2.36. The van der Waals surface area contributed by atoms with Crippen molar-refractivity contribution in [1.29, 1.82) is 0 Å². The van der Waals surface area contributed by atoms with Gasteiger partial charge in [-0.25, -0.2) is 4.79 Å². The minimum Gasteiger partial charge on any atom is -0.478 e. The Balaban J connectivity index is 1.60. The molecule has 114 valence electrons. The number of carbonyl (C=O) groups is 2. The van der Waals surface area contributed by atoms with Crippen LogP contribution in [0, 0.1) is 6.92 Å². The van der Waals surface area contributed by atoms with E-state index in [1.807, 2.05) is 24.3 Å². The zero-order chi connectivity index (χ0) is 15.7. The smallest absolute Gasteiger partial charge is 0.339 e. The Morgan fingerprint density at radius 1 is 1.41 bits per heavy atom. The molecule has 6 heteroatoms. The Bertz CT molecular complexity index is 712. The molecule has 2 heterocycles. The van der Waals surface area contributed by atoms with Gasteiger partial charge in [0, 0.05) is 4.90 Å². The standard InChI is InChI=1S/C16H15NO4S/c1-9-12(16(19)20)7-11(21-9)8-17-15(18)14-6-10-4-2-3-5-13(10)22-14/h2-5,7,14H,6,8H2,1H3,(H,17,18)(H,19,20). The van der Waals surface area contributed by atoms with Crippen LogP contribution in [0.3, 0.4) is 0 Å². The molecule has 1 amide bonds. The molecule has 0 saturated heterocycles. The maximum atomic E-state index is 12.2.